The summed E-state index contributed by atoms with van der Waals surface area (Å²) in [6, 6.07) is 9.87. The van der Waals surface area contributed by atoms with Crippen LogP contribution in [-0.2, 0) is 11.3 Å². The van der Waals surface area contributed by atoms with Crippen molar-refractivity contribution in [3.05, 3.63) is 53.2 Å². The standard InChI is InChI=1S/C19H19N3O3/c1-12(2)25-15-4-3-14-11-21-18(16(14)10-15)13-5-6-20-17(9-13)22-7-8-24-19(22)23/h3-6,9-10,12H,7-8,11H2,1-2H3. The van der Waals surface area contributed by atoms with Gasteiger partial charge in [0.1, 0.15) is 18.2 Å². The van der Waals surface area contributed by atoms with Gasteiger partial charge in [-0.15, -0.1) is 0 Å². The second-order valence-corrected chi connectivity index (χ2v) is 6.32. The van der Waals surface area contributed by atoms with Crippen LogP contribution in [0.5, 0.6) is 5.75 Å². The number of cyclic esters (lactones) is 1. The first-order chi connectivity index (χ1) is 12.1. The normalized spacial score (nSPS) is 16.0. The van der Waals surface area contributed by atoms with E-state index < -0.39 is 0 Å². The van der Waals surface area contributed by atoms with Gasteiger partial charge in [0.05, 0.1) is 24.9 Å². The van der Waals surface area contributed by atoms with Crippen molar-refractivity contribution in [2.45, 2.75) is 26.5 Å². The number of amides is 1. The van der Waals surface area contributed by atoms with E-state index in [9.17, 15) is 4.79 Å². The molecule has 0 N–H and O–H groups in total. The Morgan fingerprint density at radius 2 is 2.12 bits per heavy atom. The summed E-state index contributed by atoms with van der Waals surface area (Å²) in [5, 5.41) is 0. The molecule has 2 aromatic rings. The molecule has 25 heavy (non-hydrogen) atoms. The van der Waals surface area contributed by atoms with Crippen molar-refractivity contribution >= 4 is 17.6 Å². The smallest absolute Gasteiger partial charge is 0.415 e. The lowest BCUT2D eigenvalue weighted by Gasteiger charge is -2.14. The average molecular weight is 337 g/mol. The molecule has 0 atom stereocenters. The number of carbonyl (C=O) groups excluding carboxylic acids is 1. The lowest BCUT2D eigenvalue weighted by Crippen LogP contribution is -2.24. The van der Waals surface area contributed by atoms with Gasteiger partial charge in [0.2, 0.25) is 0 Å². The molecule has 0 spiro atoms. The summed E-state index contributed by atoms with van der Waals surface area (Å²) < 4.78 is 10.8. The summed E-state index contributed by atoms with van der Waals surface area (Å²) in [5.41, 5.74) is 4.08. The van der Waals surface area contributed by atoms with Crippen molar-refractivity contribution in [1.82, 2.24) is 4.98 Å². The number of carbonyl (C=O) groups is 1. The summed E-state index contributed by atoms with van der Waals surface area (Å²) in [4.78, 5) is 22.3. The highest BCUT2D eigenvalue weighted by Crippen LogP contribution is 2.28. The summed E-state index contributed by atoms with van der Waals surface area (Å²) in [6.45, 7) is 5.57. The van der Waals surface area contributed by atoms with Gasteiger partial charge in [-0.3, -0.25) is 9.89 Å². The molecule has 3 heterocycles. The second-order valence-electron chi connectivity index (χ2n) is 6.32. The fourth-order valence-corrected chi connectivity index (χ4v) is 3.07. The Bertz CT molecular complexity index is 861. The number of pyridine rings is 1. The Morgan fingerprint density at radius 3 is 2.88 bits per heavy atom. The van der Waals surface area contributed by atoms with Gasteiger partial charge in [0, 0.05) is 17.3 Å². The van der Waals surface area contributed by atoms with Crippen LogP contribution in [-0.4, -0.2) is 36.0 Å². The molecule has 1 amide bonds. The first-order valence-corrected chi connectivity index (χ1v) is 8.37. The largest absolute Gasteiger partial charge is 0.491 e. The molecule has 2 aliphatic rings. The minimum Gasteiger partial charge on any atom is -0.491 e. The molecule has 1 fully saturated rings. The first kappa shape index (κ1) is 15.6. The maximum Gasteiger partial charge on any atom is 0.415 e. The zero-order chi connectivity index (χ0) is 17.4. The molecule has 6 nitrogen and oxygen atoms in total. The van der Waals surface area contributed by atoms with Crippen molar-refractivity contribution in [2.24, 2.45) is 4.99 Å². The lowest BCUT2D eigenvalue weighted by atomic mass is 10.0. The number of anilines is 1. The Labute approximate surface area is 146 Å². The molecule has 1 aromatic carbocycles. The molecule has 4 rings (SSSR count). The van der Waals surface area contributed by atoms with Crippen molar-refractivity contribution in [1.29, 1.82) is 0 Å². The summed E-state index contributed by atoms with van der Waals surface area (Å²) in [5.74, 6) is 1.42. The van der Waals surface area contributed by atoms with Crippen LogP contribution in [0.1, 0.15) is 30.5 Å². The highest BCUT2D eigenvalue weighted by Gasteiger charge is 2.26. The van der Waals surface area contributed by atoms with E-state index in [1.54, 1.807) is 6.20 Å². The molecule has 0 bridgehead atoms. The molecule has 1 aromatic heterocycles. The van der Waals surface area contributed by atoms with Crippen LogP contribution in [0.4, 0.5) is 10.6 Å². The molecule has 6 heteroatoms. The Morgan fingerprint density at radius 1 is 1.24 bits per heavy atom. The third-order valence-corrected chi connectivity index (χ3v) is 4.17. The number of ether oxygens (including phenoxy) is 2. The van der Waals surface area contributed by atoms with E-state index in [2.05, 4.69) is 16.0 Å². The maximum atomic E-state index is 11.8. The van der Waals surface area contributed by atoms with Crippen LogP contribution in [0, 0.1) is 0 Å². The van der Waals surface area contributed by atoms with Gasteiger partial charge >= 0.3 is 6.09 Å². The van der Waals surface area contributed by atoms with Crippen LogP contribution in [0.2, 0.25) is 0 Å². The molecule has 0 aliphatic carbocycles. The number of aliphatic imine (C=N–C) groups is 1. The van der Waals surface area contributed by atoms with E-state index in [-0.39, 0.29) is 12.2 Å². The monoisotopic (exact) mass is 337 g/mol. The molecule has 0 radical (unpaired) electrons. The number of nitrogens with zero attached hydrogens (tertiary/aromatic N) is 3. The third kappa shape index (κ3) is 2.95. The minimum absolute atomic E-state index is 0.119. The molecular formula is C19H19N3O3. The number of benzene rings is 1. The Balaban J connectivity index is 1.67. The van der Waals surface area contributed by atoms with Crippen molar-refractivity contribution in [2.75, 3.05) is 18.1 Å². The van der Waals surface area contributed by atoms with Gasteiger partial charge in [0.25, 0.3) is 0 Å². The van der Waals surface area contributed by atoms with E-state index in [0.29, 0.717) is 25.5 Å². The second kappa shape index (κ2) is 6.20. The van der Waals surface area contributed by atoms with Gasteiger partial charge in [-0.05, 0) is 43.7 Å². The van der Waals surface area contributed by atoms with Gasteiger partial charge in [-0.1, -0.05) is 6.07 Å². The van der Waals surface area contributed by atoms with E-state index >= 15 is 0 Å². The van der Waals surface area contributed by atoms with Crippen molar-refractivity contribution in [3.8, 4) is 5.75 Å². The molecule has 0 unspecified atom stereocenters. The molecule has 128 valence electrons. The number of rotatable bonds is 4. The minimum atomic E-state index is -0.356. The number of hydrogen-bond donors (Lipinski definition) is 0. The topological polar surface area (TPSA) is 64.0 Å². The van der Waals surface area contributed by atoms with Gasteiger partial charge in [-0.2, -0.15) is 0 Å². The molecule has 1 saturated heterocycles. The molecule has 2 aliphatic heterocycles. The van der Waals surface area contributed by atoms with Crippen LogP contribution < -0.4 is 9.64 Å². The van der Waals surface area contributed by atoms with Gasteiger partial charge in [0.15, 0.2) is 0 Å². The zero-order valence-corrected chi connectivity index (χ0v) is 14.2. The molecule has 0 saturated carbocycles. The van der Waals surface area contributed by atoms with Crippen LogP contribution in [0.3, 0.4) is 0 Å². The van der Waals surface area contributed by atoms with Gasteiger partial charge in [-0.25, -0.2) is 9.78 Å². The van der Waals surface area contributed by atoms with Crippen LogP contribution in [0.15, 0.2) is 41.5 Å². The van der Waals surface area contributed by atoms with Crippen LogP contribution >= 0.6 is 0 Å². The predicted octanol–water partition coefficient (Wildman–Crippen LogP) is 3.18. The SMILES string of the molecule is CC(C)Oc1ccc2c(c1)C(c1ccnc(N3CCOC3=O)c1)=NC2. The maximum absolute atomic E-state index is 11.8. The average Bonchev–Trinajstić information content (AvgIpc) is 3.20. The Hall–Kier alpha value is -2.89. The lowest BCUT2D eigenvalue weighted by molar-refractivity contribution is 0.181. The third-order valence-electron chi connectivity index (χ3n) is 4.17. The summed E-state index contributed by atoms with van der Waals surface area (Å²) in [6.07, 6.45) is 1.46. The highest BCUT2D eigenvalue weighted by atomic mass is 16.6. The summed E-state index contributed by atoms with van der Waals surface area (Å²) >= 11 is 0. The number of hydrogen-bond acceptors (Lipinski definition) is 5. The number of aromatic nitrogens is 1. The Kier molecular flexibility index (Phi) is 3.87. The van der Waals surface area contributed by atoms with Crippen molar-refractivity contribution in [3.63, 3.8) is 0 Å². The highest BCUT2D eigenvalue weighted by molar-refractivity contribution is 6.15. The van der Waals surface area contributed by atoms with Crippen molar-refractivity contribution < 1.29 is 14.3 Å². The fourth-order valence-electron chi connectivity index (χ4n) is 3.07. The van der Waals surface area contributed by atoms with E-state index in [0.717, 1.165) is 22.6 Å². The van der Waals surface area contributed by atoms with Crippen LogP contribution in [0.25, 0.3) is 0 Å². The van der Waals surface area contributed by atoms with E-state index in [1.165, 1.54) is 10.5 Å². The predicted molar refractivity (Wildman–Crippen MR) is 94.5 cm³/mol. The van der Waals surface area contributed by atoms with E-state index in [1.807, 2.05) is 38.1 Å². The van der Waals surface area contributed by atoms with Gasteiger partial charge < -0.3 is 9.47 Å². The quantitative estimate of drug-likeness (QED) is 0.859. The van der Waals surface area contributed by atoms with E-state index in [4.69, 9.17) is 9.47 Å². The number of fused-ring (bicyclic) bond motifs is 1. The fraction of sp³-hybridized carbons (Fsp3) is 0.316. The zero-order valence-electron chi connectivity index (χ0n) is 14.2. The summed E-state index contributed by atoms with van der Waals surface area (Å²) in [7, 11) is 0. The molecular weight excluding hydrogens is 318 g/mol. The first-order valence-electron chi connectivity index (χ1n) is 8.37.